The lowest BCUT2D eigenvalue weighted by Gasteiger charge is -2.12. The second kappa shape index (κ2) is 6.32. The molecule has 0 aromatic heterocycles. The number of phenolic OH excluding ortho intramolecular Hbond substituents is 1. The Kier molecular flexibility index (Phi) is 4.49. The van der Waals surface area contributed by atoms with Gasteiger partial charge in [-0.3, -0.25) is 4.79 Å². The molecule has 110 valence electrons. The van der Waals surface area contributed by atoms with E-state index in [0.29, 0.717) is 0 Å². The molecule has 21 heavy (non-hydrogen) atoms. The molecule has 3 N–H and O–H groups in total. The number of nitrogens with one attached hydrogen (secondary N) is 1. The van der Waals surface area contributed by atoms with Crippen molar-refractivity contribution in [1.29, 1.82) is 0 Å². The average molecular weight is 293 g/mol. The first-order chi connectivity index (χ1) is 9.95. The summed E-state index contributed by atoms with van der Waals surface area (Å²) in [7, 11) is 0. The van der Waals surface area contributed by atoms with E-state index in [2.05, 4.69) is 5.32 Å². The molecule has 0 aliphatic rings. The maximum absolute atomic E-state index is 13.4. The first-order valence-corrected chi connectivity index (χ1v) is 6.17. The Balaban J connectivity index is 2.01. The average Bonchev–Trinajstić information content (AvgIpc) is 2.42. The van der Waals surface area contributed by atoms with Crippen LogP contribution in [-0.4, -0.2) is 16.1 Å². The fraction of sp³-hybridized carbons (Fsp3) is 0.133. The summed E-state index contributed by atoms with van der Waals surface area (Å²) in [4.78, 5) is 11.7. The summed E-state index contributed by atoms with van der Waals surface area (Å²) in [6.07, 6.45) is -1.54. The van der Waals surface area contributed by atoms with E-state index >= 15 is 0 Å². The molecule has 0 heterocycles. The lowest BCUT2D eigenvalue weighted by molar-refractivity contribution is -0.118. The molecule has 6 heteroatoms. The molecule has 2 rings (SSSR count). The minimum atomic E-state index is -1.19. The number of benzene rings is 2. The van der Waals surface area contributed by atoms with Crippen LogP contribution in [-0.2, 0) is 4.79 Å². The summed E-state index contributed by atoms with van der Waals surface area (Å²) >= 11 is 0. The number of carbonyl (C=O) groups excluding carboxylic acids is 1. The van der Waals surface area contributed by atoms with Gasteiger partial charge in [0.15, 0.2) is 0 Å². The molecule has 0 radical (unpaired) electrons. The normalized spacial score (nSPS) is 12.0. The van der Waals surface area contributed by atoms with Crippen LogP contribution in [0.25, 0.3) is 0 Å². The molecule has 0 saturated carbocycles. The van der Waals surface area contributed by atoms with Crippen LogP contribution in [0.4, 0.5) is 14.5 Å². The fourth-order valence-electron chi connectivity index (χ4n) is 1.81. The van der Waals surface area contributed by atoms with Crippen LogP contribution in [0.15, 0.2) is 42.5 Å². The Hall–Kier alpha value is -2.47. The van der Waals surface area contributed by atoms with Crippen LogP contribution in [0, 0.1) is 11.6 Å². The molecule has 1 atom stereocenters. The van der Waals surface area contributed by atoms with Crippen molar-refractivity contribution in [3.63, 3.8) is 0 Å². The highest BCUT2D eigenvalue weighted by molar-refractivity contribution is 5.91. The summed E-state index contributed by atoms with van der Waals surface area (Å²) in [5.41, 5.74) is 0.153. The van der Waals surface area contributed by atoms with Crippen molar-refractivity contribution in [1.82, 2.24) is 0 Å². The minimum absolute atomic E-state index is 0.107. The first kappa shape index (κ1) is 14.9. The van der Waals surface area contributed by atoms with Crippen molar-refractivity contribution in [2.24, 2.45) is 0 Å². The molecular weight excluding hydrogens is 280 g/mol. The van der Waals surface area contributed by atoms with Gasteiger partial charge in [0, 0.05) is 6.07 Å². The standard InChI is InChI=1S/C15H13F2NO3/c16-10-3-1-2-9(6-10)14(20)8-15(21)18-13-5-4-11(19)7-12(13)17/h1-7,14,19-20H,8H2,(H,18,21). The van der Waals surface area contributed by atoms with Crippen LogP contribution in [0.3, 0.4) is 0 Å². The number of aliphatic hydroxyl groups excluding tert-OH is 1. The molecule has 0 aliphatic carbocycles. The van der Waals surface area contributed by atoms with Gasteiger partial charge in [-0.15, -0.1) is 0 Å². The highest BCUT2D eigenvalue weighted by Crippen LogP contribution is 2.21. The predicted molar refractivity (Wildman–Crippen MR) is 72.7 cm³/mol. The summed E-state index contributed by atoms with van der Waals surface area (Å²) in [6.45, 7) is 0. The zero-order valence-electron chi connectivity index (χ0n) is 10.9. The molecule has 0 spiro atoms. The quantitative estimate of drug-likeness (QED) is 0.759. The Labute approximate surface area is 119 Å². The highest BCUT2D eigenvalue weighted by atomic mass is 19.1. The first-order valence-electron chi connectivity index (χ1n) is 6.17. The second-order valence-corrected chi connectivity index (χ2v) is 4.49. The third-order valence-electron chi connectivity index (χ3n) is 2.84. The van der Waals surface area contributed by atoms with Gasteiger partial charge in [-0.25, -0.2) is 8.78 Å². The highest BCUT2D eigenvalue weighted by Gasteiger charge is 2.15. The van der Waals surface area contributed by atoms with Crippen molar-refractivity contribution in [3.8, 4) is 5.75 Å². The van der Waals surface area contributed by atoms with E-state index in [1.54, 1.807) is 0 Å². The van der Waals surface area contributed by atoms with Crippen LogP contribution < -0.4 is 5.32 Å². The Bertz CT molecular complexity index is 661. The zero-order valence-corrected chi connectivity index (χ0v) is 10.9. The molecule has 2 aromatic rings. The molecular formula is C15H13F2NO3. The topological polar surface area (TPSA) is 69.6 Å². The van der Waals surface area contributed by atoms with Gasteiger partial charge in [0.1, 0.15) is 17.4 Å². The Morgan fingerprint density at radius 2 is 1.95 bits per heavy atom. The summed E-state index contributed by atoms with van der Waals surface area (Å²) in [6, 6.07) is 8.55. The van der Waals surface area contributed by atoms with Gasteiger partial charge in [-0.05, 0) is 29.8 Å². The number of hydrogen-bond acceptors (Lipinski definition) is 3. The lowest BCUT2D eigenvalue weighted by Crippen LogP contribution is -2.16. The molecule has 0 saturated heterocycles. The van der Waals surface area contributed by atoms with Crippen molar-refractivity contribution in [2.75, 3.05) is 5.32 Å². The molecule has 1 unspecified atom stereocenters. The monoisotopic (exact) mass is 293 g/mol. The molecule has 2 aromatic carbocycles. The van der Waals surface area contributed by atoms with E-state index in [9.17, 15) is 18.7 Å². The summed E-state index contributed by atoms with van der Waals surface area (Å²) in [5, 5.41) is 21.2. The van der Waals surface area contributed by atoms with Crippen LogP contribution >= 0.6 is 0 Å². The molecule has 1 amide bonds. The number of rotatable bonds is 4. The SMILES string of the molecule is O=C(CC(O)c1cccc(F)c1)Nc1ccc(O)cc1F. The van der Waals surface area contributed by atoms with Gasteiger partial charge in [0.2, 0.25) is 5.91 Å². The van der Waals surface area contributed by atoms with Gasteiger partial charge in [0.25, 0.3) is 0 Å². The molecule has 4 nitrogen and oxygen atoms in total. The van der Waals surface area contributed by atoms with Gasteiger partial charge in [-0.2, -0.15) is 0 Å². The van der Waals surface area contributed by atoms with Crippen LogP contribution in [0.1, 0.15) is 18.1 Å². The van der Waals surface area contributed by atoms with Crippen LogP contribution in [0.2, 0.25) is 0 Å². The van der Waals surface area contributed by atoms with E-state index in [4.69, 9.17) is 5.11 Å². The second-order valence-electron chi connectivity index (χ2n) is 4.49. The Morgan fingerprint density at radius 1 is 1.19 bits per heavy atom. The summed E-state index contributed by atoms with van der Waals surface area (Å²) in [5.74, 6) is -2.19. The van der Waals surface area contributed by atoms with E-state index in [0.717, 1.165) is 12.1 Å². The third kappa shape index (κ3) is 4.00. The minimum Gasteiger partial charge on any atom is -0.508 e. The lowest BCUT2D eigenvalue weighted by atomic mass is 10.1. The number of aromatic hydroxyl groups is 1. The zero-order chi connectivity index (χ0) is 15.4. The van der Waals surface area contributed by atoms with Gasteiger partial charge < -0.3 is 15.5 Å². The molecule has 0 bridgehead atoms. The number of phenols is 1. The molecule has 0 fully saturated rings. The van der Waals surface area contributed by atoms with Gasteiger partial charge in [-0.1, -0.05) is 12.1 Å². The van der Waals surface area contributed by atoms with Crippen molar-refractivity contribution >= 4 is 11.6 Å². The number of aliphatic hydroxyl groups is 1. The van der Waals surface area contributed by atoms with Crippen LogP contribution in [0.5, 0.6) is 5.75 Å². The number of halogens is 2. The number of carbonyl (C=O) groups is 1. The predicted octanol–water partition coefficient (Wildman–Crippen LogP) is 2.73. The number of hydrogen-bond donors (Lipinski definition) is 3. The van der Waals surface area contributed by atoms with Crippen molar-refractivity contribution in [3.05, 3.63) is 59.7 Å². The van der Waals surface area contributed by atoms with E-state index in [1.807, 2.05) is 0 Å². The maximum Gasteiger partial charge on any atom is 0.227 e. The van der Waals surface area contributed by atoms with Gasteiger partial charge in [0.05, 0.1) is 18.2 Å². The summed E-state index contributed by atoms with van der Waals surface area (Å²) < 4.78 is 26.5. The Morgan fingerprint density at radius 3 is 2.62 bits per heavy atom. The van der Waals surface area contributed by atoms with Crippen molar-refractivity contribution in [2.45, 2.75) is 12.5 Å². The largest absolute Gasteiger partial charge is 0.508 e. The number of anilines is 1. The van der Waals surface area contributed by atoms with E-state index < -0.39 is 23.6 Å². The third-order valence-corrected chi connectivity index (χ3v) is 2.84. The van der Waals surface area contributed by atoms with E-state index in [1.165, 1.54) is 30.3 Å². The maximum atomic E-state index is 13.4. The number of amides is 1. The smallest absolute Gasteiger partial charge is 0.227 e. The van der Waals surface area contributed by atoms with Gasteiger partial charge >= 0.3 is 0 Å². The molecule has 0 aliphatic heterocycles. The fourth-order valence-corrected chi connectivity index (χ4v) is 1.81. The van der Waals surface area contributed by atoms with E-state index in [-0.39, 0.29) is 23.4 Å². The van der Waals surface area contributed by atoms with Crippen molar-refractivity contribution < 1.29 is 23.8 Å².